The van der Waals surface area contributed by atoms with Crippen LogP contribution in [0, 0.1) is 26.6 Å². The van der Waals surface area contributed by atoms with Crippen LogP contribution in [0.15, 0.2) is 24.3 Å². The number of hydrogen-bond acceptors (Lipinski definition) is 3. The van der Waals surface area contributed by atoms with Gasteiger partial charge in [0.05, 0.1) is 11.3 Å². The normalized spacial score (nSPS) is 10.4. The van der Waals surface area contributed by atoms with Gasteiger partial charge in [-0.2, -0.15) is 0 Å². The van der Waals surface area contributed by atoms with Gasteiger partial charge < -0.3 is 11.1 Å². The minimum absolute atomic E-state index is 0.241. The summed E-state index contributed by atoms with van der Waals surface area (Å²) in [6, 6.07) is 6.86. The first kappa shape index (κ1) is 14.4. The zero-order chi connectivity index (χ0) is 14.9. The summed E-state index contributed by atoms with van der Waals surface area (Å²) in [6.45, 7) is 5.61. The predicted octanol–water partition coefficient (Wildman–Crippen LogP) is 3.52. The number of anilines is 2. The molecule has 3 nitrogen and oxygen atoms in total. The Morgan fingerprint density at radius 3 is 2.55 bits per heavy atom. The molecule has 0 unspecified atom stereocenters. The number of halogens is 1. The molecule has 20 heavy (non-hydrogen) atoms. The molecule has 5 heteroatoms. The van der Waals surface area contributed by atoms with Gasteiger partial charge in [0, 0.05) is 5.69 Å². The number of nitrogens with zero attached hydrogens (tertiary/aromatic N) is 1. The largest absolute Gasteiger partial charge is 0.389 e. The lowest BCUT2D eigenvalue weighted by Gasteiger charge is -2.14. The molecule has 2 rings (SSSR count). The number of pyridine rings is 1. The first-order chi connectivity index (χ1) is 9.38. The number of hydrogen-bond donors (Lipinski definition) is 2. The van der Waals surface area contributed by atoms with Gasteiger partial charge in [0.25, 0.3) is 0 Å². The van der Waals surface area contributed by atoms with E-state index in [0.29, 0.717) is 17.1 Å². The maximum absolute atomic E-state index is 13.9. The zero-order valence-electron chi connectivity index (χ0n) is 11.6. The summed E-state index contributed by atoms with van der Waals surface area (Å²) in [7, 11) is 0. The SMILES string of the molecule is Cc1ccc(Nc2nc(C)cc(C)c2C(N)=S)c(F)c1. The van der Waals surface area contributed by atoms with Crippen LogP contribution in [0.5, 0.6) is 0 Å². The van der Waals surface area contributed by atoms with Crippen molar-refractivity contribution in [3.05, 3.63) is 52.5 Å². The molecule has 0 radical (unpaired) electrons. The van der Waals surface area contributed by atoms with Crippen LogP contribution in [0.25, 0.3) is 0 Å². The third kappa shape index (κ3) is 2.93. The average molecular weight is 289 g/mol. The highest BCUT2D eigenvalue weighted by Gasteiger charge is 2.13. The number of rotatable bonds is 3. The van der Waals surface area contributed by atoms with Gasteiger partial charge in [-0.3, -0.25) is 0 Å². The van der Waals surface area contributed by atoms with Gasteiger partial charge in [0.15, 0.2) is 0 Å². The van der Waals surface area contributed by atoms with Crippen LogP contribution in [0.3, 0.4) is 0 Å². The predicted molar refractivity (Wildman–Crippen MR) is 84.0 cm³/mol. The van der Waals surface area contributed by atoms with E-state index in [4.69, 9.17) is 18.0 Å². The van der Waals surface area contributed by atoms with Crippen molar-refractivity contribution in [1.29, 1.82) is 0 Å². The van der Waals surface area contributed by atoms with E-state index in [2.05, 4.69) is 10.3 Å². The summed E-state index contributed by atoms with van der Waals surface area (Å²) < 4.78 is 13.9. The van der Waals surface area contributed by atoms with E-state index in [1.165, 1.54) is 6.07 Å². The van der Waals surface area contributed by atoms with Crippen LogP contribution in [0.1, 0.15) is 22.4 Å². The summed E-state index contributed by atoms with van der Waals surface area (Å²) in [5.74, 6) is 0.151. The number of aryl methyl sites for hydroxylation is 3. The fourth-order valence-corrected chi connectivity index (χ4v) is 2.35. The Hall–Kier alpha value is -2.01. The van der Waals surface area contributed by atoms with Crippen molar-refractivity contribution in [3.8, 4) is 0 Å². The van der Waals surface area contributed by atoms with Crippen molar-refractivity contribution in [2.75, 3.05) is 5.32 Å². The lowest BCUT2D eigenvalue weighted by molar-refractivity contribution is 0.630. The van der Waals surface area contributed by atoms with Gasteiger partial charge in [-0.1, -0.05) is 18.3 Å². The number of thiocarbonyl (C=S) groups is 1. The molecule has 1 heterocycles. The van der Waals surface area contributed by atoms with Gasteiger partial charge in [-0.15, -0.1) is 0 Å². The van der Waals surface area contributed by atoms with E-state index in [1.54, 1.807) is 6.07 Å². The third-order valence-electron chi connectivity index (χ3n) is 2.97. The second-order valence-corrected chi connectivity index (χ2v) is 5.22. The topological polar surface area (TPSA) is 50.9 Å². The molecule has 0 aliphatic carbocycles. The number of nitrogens with one attached hydrogen (secondary N) is 1. The Balaban J connectivity index is 2.50. The van der Waals surface area contributed by atoms with E-state index in [1.807, 2.05) is 32.9 Å². The van der Waals surface area contributed by atoms with Crippen molar-refractivity contribution in [3.63, 3.8) is 0 Å². The van der Waals surface area contributed by atoms with Crippen molar-refractivity contribution >= 4 is 28.7 Å². The summed E-state index contributed by atoms with van der Waals surface area (Å²) in [4.78, 5) is 4.61. The van der Waals surface area contributed by atoms with Crippen molar-refractivity contribution in [2.24, 2.45) is 5.73 Å². The van der Waals surface area contributed by atoms with Crippen LogP contribution >= 0.6 is 12.2 Å². The Labute approximate surface area is 123 Å². The fraction of sp³-hybridized carbons (Fsp3) is 0.200. The van der Waals surface area contributed by atoms with E-state index < -0.39 is 0 Å². The van der Waals surface area contributed by atoms with E-state index in [-0.39, 0.29) is 10.8 Å². The second kappa shape index (κ2) is 5.54. The summed E-state index contributed by atoms with van der Waals surface area (Å²) in [6.07, 6.45) is 0. The minimum Gasteiger partial charge on any atom is -0.389 e. The highest BCUT2D eigenvalue weighted by atomic mass is 32.1. The van der Waals surface area contributed by atoms with Gasteiger partial charge in [-0.25, -0.2) is 9.37 Å². The van der Waals surface area contributed by atoms with E-state index in [9.17, 15) is 4.39 Å². The Morgan fingerprint density at radius 2 is 1.95 bits per heavy atom. The van der Waals surface area contributed by atoms with Crippen molar-refractivity contribution in [1.82, 2.24) is 4.98 Å². The summed E-state index contributed by atoms with van der Waals surface area (Å²) >= 11 is 5.05. The smallest absolute Gasteiger partial charge is 0.146 e. The molecule has 1 aromatic carbocycles. The molecule has 0 saturated heterocycles. The van der Waals surface area contributed by atoms with Crippen LogP contribution in [-0.2, 0) is 0 Å². The number of benzene rings is 1. The molecule has 0 aliphatic heterocycles. The lowest BCUT2D eigenvalue weighted by Crippen LogP contribution is -2.15. The third-order valence-corrected chi connectivity index (χ3v) is 3.17. The minimum atomic E-state index is -0.333. The molecule has 3 N–H and O–H groups in total. The molecule has 0 atom stereocenters. The number of nitrogens with two attached hydrogens (primary N) is 1. The van der Waals surface area contributed by atoms with Gasteiger partial charge >= 0.3 is 0 Å². The van der Waals surface area contributed by atoms with E-state index >= 15 is 0 Å². The van der Waals surface area contributed by atoms with Crippen LogP contribution < -0.4 is 11.1 Å². The van der Waals surface area contributed by atoms with Gasteiger partial charge in [-0.05, 0) is 50.1 Å². The lowest BCUT2D eigenvalue weighted by atomic mass is 10.1. The van der Waals surface area contributed by atoms with Crippen LogP contribution in [-0.4, -0.2) is 9.97 Å². The first-order valence-electron chi connectivity index (χ1n) is 6.19. The average Bonchev–Trinajstić information content (AvgIpc) is 2.31. The van der Waals surface area contributed by atoms with Gasteiger partial charge in [0.2, 0.25) is 0 Å². The van der Waals surface area contributed by atoms with Crippen LogP contribution in [0.4, 0.5) is 15.9 Å². The fourth-order valence-electron chi connectivity index (χ4n) is 2.09. The highest BCUT2D eigenvalue weighted by molar-refractivity contribution is 7.80. The molecular weight excluding hydrogens is 273 g/mol. The number of aromatic nitrogens is 1. The molecular formula is C15H16FN3S. The summed E-state index contributed by atoms with van der Waals surface area (Å²) in [5.41, 5.74) is 9.33. The van der Waals surface area contributed by atoms with Crippen molar-refractivity contribution < 1.29 is 4.39 Å². The Kier molecular flexibility index (Phi) is 3.99. The van der Waals surface area contributed by atoms with Crippen LogP contribution in [0.2, 0.25) is 0 Å². The highest BCUT2D eigenvalue weighted by Crippen LogP contribution is 2.25. The molecule has 2 aromatic rings. The Morgan fingerprint density at radius 1 is 1.25 bits per heavy atom. The van der Waals surface area contributed by atoms with Crippen molar-refractivity contribution in [2.45, 2.75) is 20.8 Å². The quantitative estimate of drug-likeness (QED) is 0.849. The maximum atomic E-state index is 13.9. The van der Waals surface area contributed by atoms with E-state index in [0.717, 1.165) is 16.8 Å². The summed E-state index contributed by atoms with van der Waals surface area (Å²) in [5, 5.41) is 2.98. The molecule has 0 fully saturated rings. The standard InChI is InChI=1S/C15H16FN3S/c1-8-4-5-12(11(16)6-8)19-15-13(14(17)20)9(2)7-10(3)18-15/h4-7H,1-3H3,(H2,17,20)(H,18,19). The second-order valence-electron chi connectivity index (χ2n) is 4.78. The maximum Gasteiger partial charge on any atom is 0.146 e. The first-order valence-corrected chi connectivity index (χ1v) is 6.60. The molecule has 0 amide bonds. The van der Waals surface area contributed by atoms with Gasteiger partial charge in [0.1, 0.15) is 16.6 Å². The molecule has 0 bridgehead atoms. The monoisotopic (exact) mass is 289 g/mol. The molecule has 1 aromatic heterocycles. The molecule has 0 saturated carbocycles. The zero-order valence-corrected chi connectivity index (χ0v) is 12.4. The molecule has 0 aliphatic rings. The molecule has 104 valence electrons. The molecule has 0 spiro atoms. The Bertz CT molecular complexity index is 683.